The number of carbonyl (C=O) groups excluding carboxylic acids is 2. The van der Waals surface area contributed by atoms with Gasteiger partial charge in [-0.15, -0.1) is 0 Å². The van der Waals surface area contributed by atoms with Gasteiger partial charge >= 0.3 is 6.03 Å². The molecule has 4 rings (SSSR count). The van der Waals surface area contributed by atoms with Gasteiger partial charge in [-0.1, -0.05) is 37.2 Å². The molecule has 1 aromatic heterocycles. The van der Waals surface area contributed by atoms with E-state index in [1.807, 2.05) is 26.0 Å². The number of fused-ring (bicyclic) bond motifs is 1. The Bertz CT molecular complexity index is 889. The SMILES string of the molecule is CC(C)c1noc(CN2C(=O)N[C@](C)(c3ccc4c(c3)CCC4)C2=O)n1. The molecule has 3 amide bonds. The molecule has 2 aromatic rings. The fourth-order valence-electron chi connectivity index (χ4n) is 3.62. The van der Waals surface area contributed by atoms with Crippen LogP contribution in [0, 0.1) is 0 Å². The molecule has 1 saturated heterocycles. The van der Waals surface area contributed by atoms with Crippen molar-refractivity contribution in [3.63, 3.8) is 0 Å². The van der Waals surface area contributed by atoms with Crippen molar-refractivity contribution in [2.75, 3.05) is 0 Å². The molecule has 0 saturated carbocycles. The standard InChI is InChI=1S/C19H22N4O3/c1-11(2)16-20-15(26-22-16)10-23-17(24)19(3,21-18(23)25)14-8-7-12-5-4-6-13(12)9-14/h7-9,11H,4-6,10H2,1-3H3,(H,21,25)/t19-/m1/s1. The molecule has 0 spiro atoms. The fourth-order valence-corrected chi connectivity index (χ4v) is 3.62. The number of imide groups is 1. The van der Waals surface area contributed by atoms with E-state index in [1.165, 1.54) is 11.1 Å². The minimum Gasteiger partial charge on any atom is -0.337 e. The number of rotatable bonds is 4. The highest BCUT2D eigenvalue weighted by Gasteiger charge is 2.49. The summed E-state index contributed by atoms with van der Waals surface area (Å²) in [6.45, 7) is 5.63. The van der Waals surface area contributed by atoms with Crippen LogP contribution in [0.2, 0.25) is 0 Å². The van der Waals surface area contributed by atoms with Gasteiger partial charge in [0.15, 0.2) is 5.82 Å². The molecule has 1 aliphatic heterocycles. The monoisotopic (exact) mass is 354 g/mol. The lowest BCUT2D eigenvalue weighted by Crippen LogP contribution is -2.41. The third-order valence-electron chi connectivity index (χ3n) is 5.24. The second kappa shape index (κ2) is 5.93. The summed E-state index contributed by atoms with van der Waals surface area (Å²) in [6.07, 6.45) is 3.23. The third-order valence-corrected chi connectivity index (χ3v) is 5.24. The Morgan fingerprint density at radius 1 is 1.27 bits per heavy atom. The number of amides is 3. The molecule has 136 valence electrons. The Balaban J connectivity index is 1.59. The maximum atomic E-state index is 13.0. The van der Waals surface area contributed by atoms with Gasteiger partial charge in [-0.05, 0) is 42.9 Å². The van der Waals surface area contributed by atoms with Gasteiger partial charge < -0.3 is 9.84 Å². The summed E-state index contributed by atoms with van der Waals surface area (Å²) in [6, 6.07) is 5.61. The van der Waals surface area contributed by atoms with Gasteiger partial charge in [0, 0.05) is 5.92 Å². The maximum Gasteiger partial charge on any atom is 0.325 e. The molecule has 2 aliphatic rings. The number of nitrogens with one attached hydrogen (secondary N) is 1. The van der Waals surface area contributed by atoms with Crippen molar-refractivity contribution in [2.45, 2.75) is 58.0 Å². The fraction of sp³-hybridized carbons (Fsp3) is 0.474. The number of aromatic nitrogens is 2. The highest BCUT2D eigenvalue weighted by atomic mass is 16.5. The van der Waals surface area contributed by atoms with Gasteiger partial charge in [-0.25, -0.2) is 4.79 Å². The van der Waals surface area contributed by atoms with Gasteiger partial charge in [0.1, 0.15) is 12.1 Å². The Labute approximate surface area is 151 Å². The maximum absolute atomic E-state index is 13.0. The Hall–Kier alpha value is -2.70. The Kier molecular flexibility index (Phi) is 3.82. The summed E-state index contributed by atoms with van der Waals surface area (Å²) < 4.78 is 5.18. The number of nitrogens with zero attached hydrogens (tertiary/aromatic N) is 3. The van der Waals surface area contributed by atoms with Crippen molar-refractivity contribution in [1.82, 2.24) is 20.4 Å². The molecule has 0 bridgehead atoms. The van der Waals surface area contributed by atoms with Gasteiger partial charge in [0.25, 0.3) is 5.91 Å². The van der Waals surface area contributed by atoms with Crippen LogP contribution in [0.4, 0.5) is 4.79 Å². The first kappa shape index (κ1) is 16.8. The highest BCUT2D eigenvalue weighted by Crippen LogP contribution is 2.33. The van der Waals surface area contributed by atoms with Crippen molar-refractivity contribution >= 4 is 11.9 Å². The van der Waals surface area contributed by atoms with E-state index in [0.717, 1.165) is 29.7 Å². The zero-order valence-corrected chi connectivity index (χ0v) is 15.2. The molecule has 26 heavy (non-hydrogen) atoms. The van der Waals surface area contributed by atoms with Gasteiger partial charge in [-0.2, -0.15) is 4.98 Å². The third kappa shape index (κ3) is 2.58. The summed E-state index contributed by atoms with van der Waals surface area (Å²) in [5.74, 6) is 0.640. The first-order chi connectivity index (χ1) is 12.4. The van der Waals surface area contributed by atoms with Crippen LogP contribution < -0.4 is 5.32 Å². The van der Waals surface area contributed by atoms with Crippen molar-refractivity contribution in [3.8, 4) is 0 Å². The van der Waals surface area contributed by atoms with Crippen LogP contribution in [0.15, 0.2) is 22.7 Å². The second-order valence-corrected chi connectivity index (χ2v) is 7.48. The zero-order chi connectivity index (χ0) is 18.5. The first-order valence-corrected chi connectivity index (χ1v) is 8.97. The van der Waals surface area contributed by atoms with Crippen LogP contribution in [0.1, 0.15) is 61.5 Å². The molecule has 1 N–H and O–H groups in total. The molecule has 1 fully saturated rings. The van der Waals surface area contributed by atoms with Crippen LogP contribution in [0.3, 0.4) is 0 Å². The van der Waals surface area contributed by atoms with E-state index in [4.69, 9.17) is 4.52 Å². The topological polar surface area (TPSA) is 88.3 Å². The lowest BCUT2D eigenvalue weighted by Gasteiger charge is -2.22. The quantitative estimate of drug-likeness (QED) is 0.853. The van der Waals surface area contributed by atoms with E-state index in [2.05, 4.69) is 21.5 Å². The van der Waals surface area contributed by atoms with Crippen molar-refractivity contribution in [3.05, 3.63) is 46.6 Å². The molecular weight excluding hydrogens is 332 g/mol. The predicted octanol–water partition coefficient (Wildman–Crippen LogP) is 2.65. The summed E-state index contributed by atoms with van der Waals surface area (Å²) in [5, 5.41) is 6.72. The second-order valence-electron chi connectivity index (χ2n) is 7.48. The number of aryl methyl sites for hydroxylation is 2. The summed E-state index contributed by atoms with van der Waals surface area (Å²) in [4.78, 5) is 30.9. The van der Waals surface area contributed by atoms with Crippen molar-refractivity contribution < 1.29 is 14.1 Å². The van der Waals surface area contributed by atoms with E-state index >= 15 is 0 Å². The van der Waals surface area contributed by atoms with Crippen LogP contribution in [0.5, 0.6) is 0 Å². The van der Waals surface area contributed by atoms with Crippen LogP contribution in [0.25, 0.3) is 0 Å². The lowest BCUT2D eigenvalue weighted by molar-refractivity contribution is -0.131. The largest absolute Gasteiger partial charge is 0.337 e. The van der Waals surface area contributed by atoms with Crippen LogP contribution in [-0.4, -0.2) is 27.0 Å². The Morgan fingerprint density at radius 3 is 2.77 bits per heavy atom. The van der Waals surface area contributed by atoms with Crippen molar-refractivity contribution in [2.24, 2.45) is 0 Å². The first-order valence-electron chi connectivity index (χ1n) is 8.97. The van der Waals surface area contributed by atoms with Crippen LogP contribution in [-0.2, 0) is 29.7 Å². The molecule has 0 radical (unpaired) electrons. The van der Waals surface area contributed by atoms with E-state index in [9.17, 15) is 9.59 Å². The predicted molar refractivity (Wildman–Crippen MR) is 93.3 cm³/mol. The number of hydrogen-bond acceptors (Lipinski definition) is 5. The van der Waals surface area contributed by atoms with Crippen LogP contribution >= 0.6 is 0 Å². The number of urea groups is 1. The molecule has 1 aromatic carbocycles. The van der Waals surface area contributed by atoms with E-state index in [-0.39, 0.29) is 24.3 Å². The smallest absolute Gasteiger partial charge is 0.325 e. The van der Waals surface area contributed by atoms with Gasteiger partial charge in [0.2, 0.25) is 5.89 Å². The number of carbonyl (C=O) groups is 2. The normalized spacial score (nSPS) is 22.2. The lowest BCUT2D eigenvalue weighted by atomic mass is 9.90. The van der Waals surface area contributed by atoms with E-state index in [0.29, 0.717) is 5.82 Å². The molecule has 1 atom stereocenters. The Morgan fingerprint density at radius 2 is 2.04 bits per heavy atom. The number of hydrogen-bond donors (Lipinski definition) is 1. The average Bonchev–Trinajstić information content (AvgIpc) is 3.30. The molecule has 7 nitrogen and oxygen atoms in total. The minimum atomic E-state index is -1.07. The average molecular weight is 354 g/mol. The van der Waals surface area contributed by atoms with E-state index < -0.39 is 11.6 Å². The summed E-state index contributed by atoms with van der Waals surface area (Å²) in [5.41, 5.74) is 2.34. The highest BCUT2D eigenvalue weighted by molar-refractivity contribution is 6.07. The minimum absolute atomic E-state index is 0.0229. The molecule has 7 heteroatoms. The number of benzene rings is 1. The molecule has 0 unspecified atom stereocenters. The molecular formula is C19H22N4O3. The molecule has 2 heterocycles. The molecule has 1 aliphatic carbocycles. The summed E-state index contributed by atoms with van der Waals surface area (Å²) in [7, 11) is 0. The van der Waals surface area contributed by atoms with Crippen molar-refractivity contribution in [1.29, 1.82) is 0 Å². The van der Waals surface area contributed by atoms with Gasteiger partial charge in [0.05, 0.1) is 0 Å². The zero-order valence-electron chi connectivity index (χ0n) is 15.2. The van der Waals surface area contributed by atoms with E-state index in [1.54, 1.807) is 6.92 Å². The van der Waals surface area contributed by atoms with Gasteiger partial charge in [-0.3, -0.25) is 9.69 Å². The summed E-state index contributed by atoms with van der Waals surface area (Å²) >= 11 is 0.